The number of rotatable bonds is 4. The van der Waals surface area contributed by atoms with Gasteiger partial charge >= 0.3 is 0 Å². The van der Waals surface area contributed by atoms with Crippen LogP contribution in [0.4, 0.5) is 0 Å². The van der Waals surface area contributed by atoms with Gasteiger partial charge in [0.2, 0.25) is 0 Å². The average molecular weight is 231 g/mol. The Kier molecular flexibility index (Phi) is 4.17. The van der Waals surface area contributed by atoms with Crippen LogP contribution in [0.1, 0.15) is 32.1 Å². The van der Waals surface area contributed by atoms with Crippen molar-refractivity contribution >= 4 is 11.0 Å². The molecule has 2 aliphatic rings. The molecule has 2 atom stereocenters. The Bertz CT molecular complexity index is 225. The first-order chi connectivity index (χ1) is 7.27. The van der Waals surface area contributed by atoms with Crippen LogP contribution in [0.2, 0.25) is 0 Å². The summed E-state index contributed by atoms with van der Waals surface area (Å²) in [6.07, 6.45) is 6.13. The average Bonchev–Trinajstić information content (AvgIpc) is 2.23. The Morgan fingerprint density at radius 2 is 2.13 bits per heavy atom. The molecule has 0 aromatic rings. The summed E-state index contributed by atoms with van der Waals surface area (Å²) < 4.78 is 19.5. The summed E-state index contributed by atoms with van der Waals surface area (Å²) in [4.78, 5) is 0. The number of hydrogen-bond donors (Lipinski definition) is 0. The number of hydrogen-bond acceptors (Lipinski definition) is 2. The zero-order chi connectivity index (χ0) is 10.7. The van der Waals surface area contributed by atoms with Gasteiger partial charge in [-0.05, 0) is 31.6 Å². The van der Waals surface area contributed by atoms with Gasteiger partial charge in [-0.2, -0.15) is 0 Å². The van der Waals surface area contributed by atoms with E-state index in [0.29, 0.717) is 6.04 Å². The summed E-state index contributed by atoms with van der Waals surface area (Å²) in [5, 5.41) is 0. The Morgan fingerprint density at radius 1 is 1.33 bits per heavy atom. The summed E-state index contributed by atoms with van der Waals surface area (Å²) in [5.74, 6) is 1.59. The molecule has 15 heavy (non-hydrogen) atoms. The third kappa shape index (κ3) is 3.02. The second kappa shape index (κ2) is 5.41. The van der Waals surface area contributed by atoms with Crippen molar-refractivity contribution in [2.24, 2.45) is 5.92 Å². The normalized spacial score (nSPS) is 30.1. The lowest BCUT2D eigenvalue weighted by atomic mass is 9.87. The maximum Gasteiger partial charge on any atom is 0.0946 e. The van der Waals surface area contributed by atoms with Crippen molar-refractivity contribution in [1.82, 2.24) is 4.31 Å². The summed E-state index contributed by atoms with van der Waals surface area (Å²) in [6.45, 7) is 1.63. The fourth-order valence-electron chi connectivity index (χ4n) is 2.16. The first-order valence-corrected chi connectivity index (χ1v) is 7.24. The minimum Gasteiger partial charge on any atom is -0.380 e. The maximum absolute atomic E-state index is 12.0. The van der Waals surface area contributed by atoms with Crippen LogP contribution in [-0.4, -0.2) is 40.6 Å². The Labute approximate surface area is 94.8 Å². The highest BCUT2D eigenvalue weighted by Crippen LogP contribution is 2.28. The van der Waals surface area contributed by atoms with Gasteiger partial charge in [0, 0.05) is 25.4 Å². The highest BCUT2D eigenvalue weighted by molar-refractivity contribution is 7.82. The van der Waals surface area contributed by atoms with Crippen LogP contribution in [0.5, 0.6) is 0 Å². The van der Waals surface area contributed by atoms with E-state index in [-0.39, 0.29) is 0 Å². The zero-order valence-electron chi connectivity index (χ0n) is 9.48. The summed E-state index contributed by atoms with van der Waals surface area (Å²) >= 11 is 0. The van der Waals surface area contributed by atoms with Crippen molar-refractivity contribution in [3.63, 3.8) is 0 Å². The van der Waals surface area contributed by atoms with Gasteiger partial charge in [-0.15, -0.1) is 0 Å². The molecule has 0 aromatic carbocycles. The van der Waals surface area contributed by atoms with Gasteiger partial charge < -0.3 is 4.74 Å². The third-order valence-electron chi connectivity index (χ3n) is 3.57. The first kappa shape index (κ1) is 11.6. The van der Waals surface area contributed by atoms with Crippen molar-refractivity contribution in [3.05, 3.63) is 0 Å². The van der Waals surface area contributed by atoms with Crippen molar-refractivity contribution in [3.8, 4) is 0 Å². The van der Waals surface area contributed by atoms with Gasteiger partial charge in [-0.3, -0.25) is 0 Å². The van der Waals surface area contributed by atoms with Gasteiger partial charge in [0.25, 0.3) is 0 Å². The summed E-state index contributed by atoms with van der Waals surface area (Å²) in [7, 11) is 1.19. The predicted molar refractivity (Wildman–Crippen MR) is 62.0 cm³/mol. The Hall–Kier alpha value is 0.0700. The molecule has 3 nitrogen and oxygen atoms in total. The molecule has 0 amide bonds. The van der Waals surface area contributed by atoms with E-state index in [0.717, 1.165) is 37.7 Å². The smallest absolute Gasteiger partial charge is 0.0946 e. The SMILES string of the molecule is CN(C1CCCOC1)S(=O)CC1CCC1. The van der Waals surface area contributed by atoms with E-state index < -0.39 is 11.0 Å². The van der Waals surface area contributed by atoms with Gasteiger partial charge in [0.1, 0.15) is 0 Å². The van der Waals surface area contributed by atoms with Crippen molar-refractivity contribution in [2.45, 2.75) is 38.1 Å². The molecular weight excluding hydrogens is 210 g/mol. The predicted octanol–water partition coefficient (Wildman–Crippen LogP) is 1.56. The molecule has 1 saturated heterocycles. The molecular formula is C11H21NO2S. The lowest BCUT2D eigenvalue weighted by molar-refractivity contribution is 0.0524. The molecule has 2 fully saturated rings. The quantitative estimate of drug-likeness (QED) is 0.735. The number of likely N-dealkylation sites (N-methyl/N-ethyl adjacent to an activating group) is 1. The van der Waals surface area contributed by atoms with Crippen LogP contribution in [0, 0.1) is 5.92 Å². The third-order valence-corrected chi connectivity index (χ3v) is 5.27. The lowest BCUT2D eigenvalue weighted by Gasteiger charge is -2.32. The van der Waals surface area contributed by atoms with E-state index in [2.05, 4.69) is 0 Å². The van der Waals surface area contributed by atoms with Gasteiger partial charge in [-0.25, -0.2) is 8.51 Å². The first-order valence-electron chi connectivity index (χ1n) is 5.96. The Morgan fingerprint density at radius 3 is 2.67 bits per heavy atom. The summed E-state index contributed by atoms with van der Waals surface area (Å²) in [5.41, 5.74) is 0. The molecule has 1 saturated carbocycles. The van der Waals surface area contributed by atoms with E-state index in [4.69, 9.17) is 4.74 Å². The highest BCUT2D eigenvalue weighted by atomic mass is 32.2. The molecule has 1 aliphatic carbocycles. The number of ether oxygens (including phenoxy) is 1. The van der Waals surface area contributed by atoms with Crippen LogP contribution in [0.15, 0.2) is 0 Å². The molecule has 2 unspecified atom stereocenters. The standard InChI is InChI=1S/C11H21NO2S/c1-12(11-6-3-7-14-8-11)15(13)9-10-4-2-5-10/h10-11H,2-9H2,1H3. The largest absolute Gasteiger partial charge is 0.380 e. The molecule has 0 aromatic heterocycles. The van der Waals surface area contributed by atoms with Crippen LogP contribution in [-0.2, 0) is 15.7 Å². The van der Waals surface area contributed by atoms with E-state index in [1.54, 1.807) is 0 Å². The van der Waals surface area contributed by atoms with E-state index in [1.165, 1.54) is 19.3 Å². The van der Waals surface area contributed by atoms with E-state index in [1.807, 2.05) is 11.4 Å². The van der Waals surface area contributed by atoms with Crippen molar-refractivity contribution < 1.29 is 8.95 Å². The minimum atomic E-state index is -0.788. The molecule has 0 spiro atoms. The second-order valence-electron chi connectivity index (χ2n) is 4.70. The van der Waals surface area contributed by atoms with Gasteiger partial charge in [0.15, 0.2) is 0 Å². The summed E-state index contributed by atoms with van der Waals surface area (Å²) in [6, 6.07) is 0.375. The fraction of sp³-hybridized carbons (Fsp3) is 1.00. The molecule has 4 heteroatoms. The molecule has 0 N–H and O–H groups in total. The van der Waals surface area contributed by atoms with E-state index >= 15 is 0 Å². The molecule has 0 bridgehead atoms. The van der Waals surface area contributed by atoms with Crippen LogP contribution < -0.4 is 0 Å². The van der Waals surface area contributed by atoms with Crippen LogP contribution in [0.25, 0.3) is 0 Å². The van der Waals surface area contributed by atoms with Crippen LogP contribution >= 0.6 is 0 Å². The molecule has 1 heterocycles. The van der Waals surface area contributed by atoms with Crippen molar-refractivity contribution in [2.75, 3.05) is 26.0 Å². The maximum atomic E-state index is 12.0. The van der Waals surface area contributed by atoms with Crippen molar-refractivity contribution in [1.29, 1.82) is 0 Å². The number of nitrogens with zero attached hydrogens (tertiary/aromatic N) is 1. The van der Waals surface area contributed by atoms with E-state index in [9.17, 15) is 4.21 Å². The topological polar surface area (TPSA) is 29.5 Å². The molecule has 88 valence electrons. The lowest BCUT2D eigenvalue weighted by Crippen LogP contribution is -2.41. The fourth-order valence-corrected chi connectivity index (χ4v) is 3.63. The zero-order valence-corrected chi connectivity index (χ0v) is 10.3. The Balaban J connectivity index is 1.77. The highest BCUT2D eigenvalue weighted by Gasteiger charge is 2.26. The molecule has 0 radical (unpaired) electrons. The second-order valence-corrected chi connectivity index (χ2v) is 6.25. The van der Waals surface area contributed by atoms with Gasteiger partial charge in [0.05, 0.1) is 17.6 Å². The van der Waals surface area contributed by atoms with Crippen LogP contribution in [0.3, 0.4) is 0 Å². The molecule has 1 aliphatic heterocycles. The van der Waals surface area contributed by atoms with Gasteiger partial charge in [-0.1, -0.05) is 6.42 Å². The minimum absolute atomic E-state index is 0.375. The molecule has 2 rings (SSSR count). The monoisotopic (exact) mass is 231 g/mol.